The average molecular weight is 414 g/mol. The van der Waals surface area contributed by atoms with E-state index in [1.807, 2.05) is 47.0 Å². The second-order valence-corrected chi connectivity index (χ2v) is 7.85. The Balaban J connectivity index is 1.50. The molecule has 0 unspecified atom stereocenters. The highest BCUT2D eigenvalue weighted by atomic mass is 32.1. The number of aromatic nitrogens is 3. The topological polar surface area (TPSA) is 86.2 Å². The molecular weight excluding hydrogens is 396 g/mol. The van der Waals surface area contributed by atoms with Crippen LogP contribution in [0.2, 0.25) is 0 Å². The number of hydrogen-bond acceptors (Lipinski definition) is 6. The fourth-order valence-corrected chi connectivity index (χ4v) is 4.41. The summed E-state index contributed by atoms with van der Waals surface area (Å²) in [5.74, 6) is 0.967. The van der Waals surface area contributed by atoms with E-state index in [1.165, 1.54) is 0 Å². The van der Waals surface area contributed by atoms with Crippen LogP contribution >= 0.6 is 11.3 Å². The van der Waals surface area contributed by atoms with Crippen molar-refractivity contribution in [1.82, 2.24) is 14.5 Å². The van der Waals surface area contributed by atoms with Crippen LogP contribution in [-0.4, -0.2) is 26.8 Å². The first-order chi connectivity index (χ1) is 14.6. The molecule has 0 aliphatic carbocycles. The zero-order chi connectivity index (χ0) is 20.7. The van der Waals surface area contributed by atoms with E-state index in [-0.39, 0.29) is 5.75 Å². The number of phenolic OH excluding ortho intramolecular Hbond substituents is 1. The van der Waals surface area contributed by atoms with E-state index in [4.69, 9.17) is 10.5 Å². The number of nitrogens with two attached hydrogens (primary N) is 1. The van der Waals surface area contributed by atoms with Gasteiger partial charge in [-0.1, -0.05) is 0 Å². The van der Waals surface area contributed by atoms with Crippen molar-refractivity contribution in [2.75, 3.05) is 12.8 Å². The Kier molecular flexibility index (Phi) is 4.37. The number of anilines is 1. The summed E-state index contributed by atoms with van der Waals surface area (Å²) in [4.78, 5) is 8.99. The molecule has 148 valence electrons. The van der Waals surface area contributed by atoms with Crippen LogP contribution in [0.25, 0.3) is 37.7 Å². The van der Waals surface area contributed by atoms with Crippen LogP contribution in [0.1, 0.15) is 0 Å². The standard InChI is InChI=1S/C23H18N4O2S/c1-29-17-7-8-18(19(24)11-17)21-12-25-13-27(21)15-4-2-14(3-5-15)23-26-20-9-6-16(28)10-22(20)30-23/h2-13,28H,24H2,1H3. The van der Waals surface area contributed by atoms with Crippen LogP contribution in [0.4, 0.5) is 5.69 Å². The van der Waals surface area contributed by atoms with Crippen molar-refractivity contribution in [2.24, 2.45) is 0 Å². The number of rotatable bonds is 4. The fourth-order valence-electron chi connectivity index (χ4n) is 3.40. The van der Waals surface area contributed by atoms with E-state index in [2.05, 4.69) is 9.97 Å². The van der Waals surface area contributed by atoms with E-state index in [0.29, 0.717) is 5.69 Å². The summed E-state index contributed by atoms with van der Waals surface area (Å²) in [6.45, 7) is 0. The Morgan fingerprint density at radius 1 is 1.03 bits per heavy atom. The number of benzene rings is 3. The van der Waals surface area contributed by atoms with Crippen molar-refractivity contribution < 1.29 is 9.84 Å². The number of fused-ring (bicyclic) bond motifs is 1. The average Bonchev–Trinajstić information content (AvgIpc) is 3.40. The molecule has 0 fully saturated rings. The van der Waals surface area contributed by atoms with Gasteiger partial charge in [0.1, 0.15) is 16.5 Å². The number of ether oxygens (including phenoxy) is 1. The summed E-state index contributed by atoms with van der Waals surface area (Å²) < 4.78 is 8.20. The number of imidazole rings is 1. The van der Waals surface area contributed by atoms with Crippen molar-refractivity contribution >= 4 is 27.2 Å². The summed E-state index contributed by atoms with van der Waals surface area (Å²) >= 11 is 1.55. The van der Waals surface area contributed by atoms with Crippen LogP contribution in [0.3, 0.4) is 0 Å². The molecule has 3 N–H and O–H groups in total. The predicted octanol–water partition coefficient (Wildman–Crippen LogP) is 5.11. The molecule has 6 nitrogen and oxygen atoms in total. The summed E-state index contributed by atoms with van der Waals surface area (Å²) in [5.41, 5.74) is 11.5. The molecule has 5 aromatic rings. The number of hydrogen-bond donors (Lipinski definition) is 2. The van der Waals surface area contributed by atoms with Gasteiger partial charge in [0.15, 0.2) is 0 Å². The fraction of sp³-hybridized carbons (Fsp3) is 0.0435. The maximum absolute atomic E-state index is 9.68. The second-order valence-electron chi connectivity index (χ2n) is 6.82. The highest BCUT2D eigenvalue weighted by Crippen LogP contribution is 2.34. The van der Waals surface area contributed by atoms with Crippen molar-refractivity contribution in [3.05, 3.63) is 73.2 Å². The second kappa shape index (κ2) is 7.20. The molecule has 0 atom stereocenters. The normalized spacial score (nSPS) is 11.1. The van der Waals surface area contributed by atoms with E-state index in [0.717, 1.165) is 43.5 Å². The van der Waals surface area contributed by atoms with Gasteiger partial charge in [-0.3, -0.25) is 4.57 Å². The lowest BCUT2D eigenvalue weighted by Gasteiger charge is -2.12. The maximum Gasteiger partial charge on any atom is 0.124 e. The zero-order valence-electron chi connectivity index (χ0n) is 16.1. The molecule has 7 heteroatoms. The first-order valence-electron chi connectivity index (χ1n) is 9.29. The van der Waals surface area contributed by atoms with Gasteiger partial charge in [0.2, 0.25) is 0 Å². The van der Waals surface area contributed by atoms with Crippen molar-refractivity contribution in [1.29, 1.82) is 0 Å². The SMILES string of the molecule is COc1ccc(-c2cncn2-c2ccc(-c3nc4ccc(O)cc4s3)cc2)c(N)c1. The third-order valence-electron chi connectivity index (χ3n) is 4.94. The van der Waals surface area contributed by atoms with Crippen LogP contribution in [0, 0.1) is 0 Å². The number of nitrogens with zero attached hydrogens (tertiary/aromatic N) is 3. The Morgan fingerprint density at radius 2 is 1.87 bits per heavy atom. The van der Waals surface area contributed by atoms with Gasteiger partial charge >= 0.3 is 0 Å². The van der Waals surface area contributed by atoms with Crippen molar-refractivity contribution in [3.63, 3.8) is 0 Å². The van der Waals surface area contributed by atoms with Gasteiger partial charge in [0.25, 0.3) is 0 Å². The first kappa shape index (κ1) is 18.2. The third-order valence-corrected chi connectivity index (χ3v) is 6.00. The minimum atomic E-state index is 0.249. The molecule has 30 heavy (non-hydrogen) atoms. The summed E-state index contributed by atoms with van der Waals surface area (Å²) in [6, 6.07) is 19.0. The molecule has 0 bridgehead atoms. The van der Waals surface area contributed by atoms with Gasteiger partial charge in [-0.15, -0.1) is 11.3 Å². The lowest BCUT2D eigenvalue weighted by atomic mass is 10.1. The molecule has 0 aliphatic heterocycles. The van der Waals surface area contributed by atoms with Gasteiger partial charge in [-0.2, -0.15) is 0 Å². The highest BCUT2D eigenvalue weighted by Gasteiger charge is 2.12. The van der Waals surface area contributed by atoms with Gasteiger partial charge in [-0.05, 0) is 54.6 Å². The minimum absolute atomic E-state index is 0.249. The number of nitrogen functional groups attached to an aromatic ring is 1. The molecule has 0 saturated carbocycles. The van der Waals surface area contributed by atoms with Gasteiger partial charge in [-0.25, -0.2) is 9.97 Å². The van der Waals surface area contributed by atoms with Crippen LogP contribution in [0.5, 0.6) is 11.5 Å². The van der Waals surface area contributed by atoms with Crippen LogP contribution < -0.4 is 10.5 Å². The van der Waals surface area contributed by atoms with E-state index >= 15 is 0 Å². The van der Waals surface area contributed by atoms with Crippen molar-refractivity contribution in [2.45, 2.75) is 0 Å². The molecule has 0 saturated heterocycles. The number of thiazole rings is 1. The number of aromatic hydroxyl groups is 1. The molecule has 0 spiro atoms. The summed E-state index contributed by atoms with van der Waals surface area (Å²) in [7, 11) is 1.62. The lowest BCUT2D eigenvalue weighted by Crippen LogP contribution is -1.98. The molecule has 0 amide bonds. The third kappa shape index (κ3) is 3.15. The van der Waals surface area contributed by atoms with Gasteiger partial charge in [0, 0.05) is 28.6 Å². The van der Waals surface area contributed by atoms with E-state index in [9.17, 15) is 5.11 Å². The molecule has 5 rings (SSSR count). The Morgan fingerprint density at radius 3 is 2.63 bits per heavy atom. The van der Waals surface area contributed by atoms with Gasteiger partial charge in [0.05, 0.1) is 35.5 Å². The van der Waals surface area contributed by atoms with Gasteiger partial charge < -0.3 is 15.6 Å². The molecule has 3 aromatic carbocycles. The number of phenols is 1. The Labute approximate surface area is 176 Å². The molecular formula is C23H18N4O2S. The maximum atomic E-state index is 9.68. The Bertz CT molecular complexity index is 1360. The lowest BCUT2D eigenvalue weighted by molar-refractivity contribution is 0.415. The predicted molar refractivity (Wildman–Crippen MR) is 120 cm³/mol. The van der Waals surface area contributed by atoms with Crippen LogP contribution in [0.15, 0.2) is 73.2 Å². The number of methoxy groups -OCH3 is 1. The summed E-state index contributed by atoms with van der Waals surface area (Å²) in [6.07, 6.45) is 3.57. The molecule has 2 heterocycles. The highest BCUT2D eigenvalue weighted by molar-refractivity contribution is 7.21. The minimum Gasteiger partial charge on any atom is -0.508 e. The first-order valence-corrected chi connectivity index (χ1v) is 10.1. The largest absolute Gasteiger partial charge is 0.508 e. The molecule has 0 radical (unpaired) electrons. The van der Waals surface area contributed by atoms with Crippen LogP contribution in [-0.2, 0) is 0 Å². The summed E-state index contributed by atoms with van der Waals surface area (Å²) in [5, 5.41) is 10.6. The zero-order valence-corrected chi connectivity index (χ0v) is 16.9. The smallest absolute Gasteiger partial charge is 0.124 e. The van der Waals surface area contributed by atoms with E-state index < -0.39 is 0 Å². The van der Waals surface area contributed by atoms with E-state index in [1.54, 1.807) is 49.2 Å². The Hall–Kier alpha value is -3.84. The molecule has 2 aromatic heterocycles. The molecule has 0 aliphatic rings. The monoisotopic (exact) mass is 414 g/mol. The van der Waals surface area contributed by atoms with Crippen molar-refractivity contribution in [3.8, 4) is 39.0 Å². The quantitative estimate of drug-likeness (QED) is 0.399.